The standard InChI is InChI=1S/C20H32N2O4/c1-9-13-21(17(23)25-19(3,4)5)15-11-12-16-22(14-10-2)18(24)26-20(6,7)8/h9-10H,1-2,13-16H2,3-8H3. The van der Waals surface area contributed by atoms with Crippen LogP contribution >= 0.6 is 0 Å². The van der Waals surface area contributed by atoms with Crippen LogP contribution in [0.3, 0.4) is 0 Å². The number of carbonyl (C=O) groups is 2. The Balaban J connectivity index is 4.85. The molecule has 0 N–H and O–H groups in total. The van der Waals surface area contributed by atoms with Gasteiger partial charge in [0.1, 0.15) is 11.2 Å². The van der Waals surface area contributed by atoms with Gasteiger partial charge in [0.25, 0.3) is 0 Å². The quantitative estimate of drug-likeness (QED) is 0.531. The van der Waals surface area contributed by atoms with Crippen LogP contribution in [-0.4, -0.2) is 59.4 Å². The zero-order valence-corrected chi connectivity index (χ0v) is 16.9. The van der Waals surface area contributed by atoms with Crippen molar-refractivity contribution in [1.29, 1.82) is 0 Å². The van der Waals surface area contributed by atoms with Gasteiger partial charge in [-0.05, 0) is 41.5 Å². The highest BCUT2D eigenvalue weighted by Crippen LogP contribution is 2.10. The lowest BCUT2D eigenvalue weighted by Gasteiger charge is -2.26. The van der Waals surface area contributed by atoms with Gasteiger partial charge in [0.15, 0.2) is 0 Å². The van der Waals surface area contributed by atoms with Crippen molar-refractivity contribution in [1.82, 2.24) is 9.80 Å². The molecule has 0 unspecified atom stereocenters. The zero-order chi connectivity index (χ0) is 20.4. The minimum Gasteiger partial charge on any atom is -0.444 e. The van der Waals surface area contributed by atoms with Crippen molar-refractivity contribution in [3.05, 3.63) is 25.3 Å². The van der Waals surface area contributed by atoms with Crippen molar-refractivity contribution < 1.29 is 19.1 Å². The van der Waals surface area contributed by atoms with Crippen molar-refractivity contribution in [3.63, 3.8) is 0 Å². The second-order valence-electron chi connectivity index (χ2n) is 7.65. The number of carbonyl (C=O) groups excluding carboxylic acids is 2. The van der Waals surface area contributed by atoms with Gasteiger partial charge in [0.2, 0.25) is 0 Å². The fourth-order valence-electron chi connectivity index (χ4n) is 1.67. The van der Waals surface area contributed by atoms with Crippen LogP contribution in [0.15, 0.2) is 25.3 Å². The monoisotopic (exact) mass is 364 g/mol. The van der Waals surface area contributed by atoms with E-state index < -0.39 is 23.4 Å². The predicted molar refractivity (Wildman–Crippen MR) is 104 cm³/mol. The fraction of sp³-hybridized carbons (Fsp3) is 0.600. The van der Waals surface area contributed by atoms with Crippen LogP contribution in [0.2, 0.25) is 0 Å². The molecule has 0 bridgehead atoms. The molecule has 0 aromatic carbocycles. The summed E-state index contributed by atoms with van der Waals surface area (Å²) in [7, 11) is 0. The van der Waals surface area contributed by atoms with E-state index in [0.717, 1.165) is 0 Å². The molecule has 0 atom stereocenters. The number of rotatable bonds is 6. The van der Waals surface area contributed by atoms with Crippen LogP contribution in [-0.2, 0) is 9.47 Å². The first-order valence-electron chi connectivity index (χ1n) is 8.53. The smallest absolute Gasteiger partial charge is 0.411 e. The van der Waals surface area contributed by atoms with Gasteiger partial charge in [0, 0.05) is 13.1 Å². The molecule has 0 aliphatic heterocycles. The van der Waals surface area contributed by atoms with Gasteiger partial charge in [-0.1, -0.05) is 24.0 Å². The highest BCUT2D eigenvalue weighted by molar-refractivity contribution is 5.69. The van der Waals surface area contributed by atoms with Crippen LogP contribution in [0.25, 0.3) is 0 Å². The Hall–Kier alpha value is -2.42. The largest absolute Gasteiger partial charge is 0.444 e. The molecule has 0 rings (SSSR count). The summed E-state index contributed by atoms with van der Waals surface area (Å²) in [4.78, 5) is 27.2. The third kappa shape index (κ3) is 11.2. The summed E-state index contributed by atoms with van der Waals surface area (Å²) in [5.74, 6) is 5.77. The van der Waals surface area contributed by atoms with Gasteiger partial charge in [-0.2, -0.15) is 0 Å². The van der Waals surface area contributed by atoms with E-state index in [4.69, 9.17) is 9.47 Å². The molecule has 0 saturated carbocycles. The highest BCUT2D eigenvalue weighted by Gasteiger charge is 2.22. The molecule has 0 saturated heterocycles. The molecule has 2 amide bonds. The van der Waals surface area contributed by atoms with Gasteiger partial charge in [0.05, 0.1) is 13.1 Å². The van der Waals surface area contributed by atoms with Crippen molar-refractivity contribution >= 4 is 12.2 Å². The van der Waals surface area contributed by atoms with E-state index in [0.29, 0.717) is 13.1 Å². The number of amides is 2. The summed E-state index contributed by atoms with van der Waals surface area (Å²) in [6, 6.07) is 0. The van der Waals surface area contributed by atoms with E-state index in [9.17, 15) is 9.59 Å². The Labute approximate surface area is 157 Å². The summed E-state index contributed by atoms with van der Waals surface area (Å²) < 4.78 is 10.7. The zero-order valence-electron chi connectivity index (χ0n) is 16.9. The van der Waals surface area contributed by atoms with E-state index in [1.54, 1.807) is 53.7 Å². The number of hydrogen-bond acceptors (Lipinski definition) is 4. The minimum absolute atomic E-state index is 0.178. The average Bonchev–Trinajstić information content (AvgIpc) is 2.45. The van der Waals surface area contributed by atoms with E-state index in [2.05, 4.69) is 25.0 Å². The molecule has 26 heavy (non-hydrogen) atoms. The molecule has 0 aromatic rings. The van der Waals surface area contributed by atoms with E-state index in [-0.39, 0.29) is 13.1 Å². The maximum absolute atomic E-state index is 12.1. The Bertz CT molecular complexity index is 511. The van der Waals surface area contributed by atoms with Crippen molar-refractivity contribution in [2.75, 3.05) is 26.2 Å². The summed E-state index contributed by atoms with van der Waals surface area (Å²) in [5, 5.41) is 0. The van der Waals surface area contributed by atoms with Gasteiger partial charge in [-0.3, -0.25) is 9.80 Å². The molecule has 146 valence electrons. The third-order valence-electron chi connectivity index (χ3n) is 2.67. The number of ether oxygens (including phenoxy) is 2. The normalized spacial score (nSPS) is 10.8. The highest BCUT2D eigenvalue weighted by atomic mass is 16.6. The van der Waals surface area contributed by atoms with Crippen LogP contribution in [0.1, 0.15) is 41.5 Å². The van der Waals surface area contributed by atoms with Crippen LogP contribution < -0.4 is 0 Å². The molecule has 0 heterocycles. The van der Waals surface area contributed by atoms with Crippen LogP contribution in [0.5, 0.6) is 0 Å². The maximum atomic E-state index is 12.1. The molecule has 0 aliphatic rings. The Kier molecular flexibility index (Phi) is 9.56. The van der Waals surface area contributed by atoms with E-state index in [1.807, 2.05) is 0 Å². The summed E-state index contributed by atoms with van der Waals surface area (Å²) in [6.07, 6.45) is 2.30. The number of hydrogen-bond donors (Lipinski definition) is 0. The van der Waals surface area contributed by atoms with Crippen molar-refractivity contribution in [2.24, 2.45) is 0 Å². The minimum atomic E-state index is -0.582. The first kappa shape index (κ1) is 23.6. The summed E-state index contributed by atoms with van der Waals surface area (Å²) >= 11 is 0. The maximum Gasteiger partial charge on any atom is 0.411 e. The summed E-state index contributed by atoms with van der Waals surface area (Å²) in [6.45, 7) is 19.1. The van der Waals surface area contributed by atoms with Gasteiger partial charge < -0.3 is 9.47 Å². The average molecular weight is 364 g/mol. The second-order valence-corrected chi connectivity index (χ2v) is 7.65. The van der Waals surface area contributed by atoms with Gasteiger partial charge in [-0.25, -0.2) is 9.59 Å². The van der Waals surface area contributed by atoms with Gasteiger partial charge in [-0.15, -0.1) is 13.2 Å². The van der Waals surface area contributed by atoms with Crippen molar-refractivity contribution in [2.45, 2.75) is 52.7 Å². The molecule has 0 fully saturated rings. The number of nitrogens with zero attached hydrogens (tertiary/aromatic N) is 2. The Morgan fingerprint density at radius 3 is 1.35 bits per heavy atom. The molecule has 0 spiro atoms. The van der Waals surface area contributed by atoms with E-state index in [1.165, 1.54) is 9.80 Å². The Morgan fingerprint density at radius 2 is 1.12 bits per heavy atom. The molecule has 0 radical (unpaired) electrons. The van der Waals surface area contributed by atoms with E-state index >= 15 is 0 Å². The SMILES string of the molecule is C=CCN(CC#CCN(CC=C)C(=O)OC(C)(C)C)C(=O)OC(C)(C)C. The molecule has 0 aliphatic carbocycles. The molecular weight excluding hydrogens is 332 g/mol. The molecule has 6 nitrogen and oxygen atoms in total. The first-order chi connectivity index (χ1) is 11.9. The van der Waals surface area contributed by atoms with Crippen LogP contribution in [0, 0.1) is 11.8 Å². The molecule has 0 aromatic heterocycles. The predicted octanol–water partition coefficient (Wildman–Crippen LogP) is 3.84. The lowest BCUT2D eigenvalue weighted by Crippen LogP contribution is -2.38. The third-order valence-corrected chi connectivity index (χ3v) is 2.67. The first-order valence-corrected chi connectivity index (χ1v) is 8.53. The van der Waals surface area contributed by atoms with Crippen LogP contribution in [0.4, 0.5) is 9.59 Å². The Morgan fingerprint density at radius 1 is 0.808 bits per heavy atom. The fourth-order valence-corrected chi connectivity index (χ4v) is 1.67. The topological polar surface area (TPSA) is 59.1 Å². The molecular formula is C20H32N2O4. The van der Waals surface area contributed by atoms with Gasteiger partial charge >= 0.3 is 12.2 Å². The molecule has 6 heteroatoms. The van der Waals surface area contributed by atoms with Crippen molar-refractivity contribution in [3.8, 4) is 11.8 Å². The summed E-state index contributed by atoms with van der Waals surface area (Å²) in [5.41, 5.74) is -1.16. The second kappa shape index (κ2) is 10.5. The lowest BCUT2D eigenvalue weighted by molar-refractivity contribution is 0.0281. The lowest BCUT2D eigenvalue weighted by atomic mass is 10.2.